The van der Waals surface area contributed by atoms with Crippen LogP contribution in [0.25, 0.3) is 0 Å². The van der Waals surface area contributed by atoms with Crippen LogP contribution in [0.4, 0.5) is 10.5 Å². The molecule has 2 rings (SSSR count). The molecule has 1 amide bonds. The molecule has 104 valence electrons. The zero-order valence-electron chi connectivity index (χ0n) is 11.3. The highest BCUT2D eigenvalue weighted by atomic mass is 79.9. The summed E-state index contributed by atoms with van der Waals surface area (Å²) in [6.07, 6.45) is 1.53. The molecule has 0 N–H and O–H groups in total. The largest absolute Gasteiger partial charge is 0.443 e. The maximum Gasteiger partial charge on any atom is 0.414 e. The lowest BCUT2D eigenvalue weighted by Gasteiger charge is -2.32. The normalized spacial score (nSPS) is 15.1. The fourth-order valence-electron chi connectivity index (χ4n) is 2.15. The van der Waals surface area contributed by atoms with Crippen molar-refractivity contribution in [2.75, 3.05) is 11.4 Å². The van der Waals surface area contributed by atoms with Gasteiger partial charge in [0.1, 0.15) is 5.60 Å². The van der Waals surface area contributed by atoms with E-state index in [-0.39, 0.29) is 6.09 Å². The molecule has 3 nitrogen and oxygen atoms in total. The van der Waals surface area contributed by atoms with Gasteiger partial charge in [-0.2, -0.15) is 0 Å². The summed E-state index contributed by atoms with van der Waals surface area (Å²) in [5.41, 5.74) is 1.47. The van der Waals surface area contributed by atoms with E-state index >= 15 is 0 Å². The summed E-state index contributed by atoms with van der Waals surface area (Å²) in [7, 11) is 0. The molecule has 5 heteroatoms. The smallest absolute Gasteiger partial charge is 0.414 e. The summed E-state index contributed by atoms with van der Waals surface area (Å²) in [5, 5.41) is 0.677. The quantitative estimate of drug-likeness (QED) is 0.676. The van der Waals surface area contributed by atoms with E-state index in [1.807, 2.05) is 32.9 Å². The van der Waals surface area contributed by atoms with E-state index in [2.05, 4.69) is 15.9 Å². The van der Waals surface area contributed by atoms with Gasteiger partial charge in [-0.05, 0) is 67.2 Å². The van der Waals surface area contributed by atoms with Gasteiger partial charge < -0.3 is 4.74 Å². The van der Waals surface area contributed by atoms with Crippen LogP contribution < -0.4 is 4.90 Å². The monoisotopic (exact) mass is 345 g/mol. The first-order chi connectivity index (χ1) is 8.78. The van der Waals surface area contributed by atoms with Crippen molar-refractivity contribution in [3.05, 3.63) is 27.2 Å². The molecule has 0 saturated carbocycles. The van der Waals surface area contributed by atoms with Gasteiger partial charge in [-0.3, -0.25) is 4.90 Å². The Hall–Kier alpha value is -0.740. The van der Waals surface area contributed by atoms with Crippen LogP contribution in [0.5, 0.6) is 0 Å². The molecule has 1 aliphatic heterocycles. The Morgan fingerprint density at radius 3 is 2.74 bits per heavy atom. The number of hydrogen-bond acceptors (Lipinski definition) is 2. The number of amides is 1. The number of rotatable bonds is 0. The van der Waals surface area contributed by atoms with Gasteiger partial charge in [-0.25, -0.2) is 4.79 Å². The summed E-state index contributed by atoms with van der Waals surface area (Å²) in [5.74, 6) is 0. The number of nitrogens with zero attached hydrogens (tertiary/aromatic N) is 1. The van der Waals surface area contributed by atoms with Crippen LogP contribution in [0, 0.1) is 0 Å². The predicted molar refractivity (Wildman–Crippen MR) is 81.1 cm³/mol. The SMILES string of the molecule is CC(C)(C)OC(=O)N1CCCc2cc(Cl)cc(Br)c21. The Labute approximate surface area is 127 Å². The molecule has 0 unspecified atom stereocenters. The summed E-state index contributed by atoms with van der Waals surface area (Å²) >= 11 is 9.54. The van der Waals surface area contributed by atoms with Gasteiger partial charge in [0.05, 0.1) is 5.69 Å². The number of halogens is 2. The zero-order chi connectivity index (χ0) is 14.2. The van der Waals surface area contributed by atoms with Crippen LogP contribution in [-0.2, 0) is 11.2 Å². The van der Waals surface area contributed by atoms with Crippen molar-refractivity contribution in [3.8, 4) is 0 Å². The minimum atomic E-state index is -0.492. The van der Waals surface area contributed by atoms with Gasteiger partial charge in [0.15, 0.2) is 0 Å². The highest BCUT2D eigenvalue weighted by Gasteiger charge is 2.29. The number of carbonyl (C=O) groups is 1. The van der Waals surface area contributed by atoms with Crippen LogP contribution in [-0.4, -0.2) is 18.2 Å². The van der Waals surface area contributed by atoms with Crippen molar-refractivity contribution in [2.45, 2.75) is 39.2 Å². The molecule has 1 aromatic carbocycles. The molecule has 0 bridgehead atoms. The molecular weight excluding hydrogens is 330 g/mol. The maximum atomic E-state index is 12.3. The highest BCUT2D eigenvalue weighted by Crippen LogP contribution is 2.37. The second-order valence-electron chi connectivity index (χ2n) is 5.63. The van der Waals surface area contributed by atoms with E-state index in [4.69, 9.17) is 16.3 Å². The van der Waals surface area contributed by atoms with Crippen molar-refractivity contribution >= 4 is 39.3 Å². The number of fused-ring (bicyclic) bond motifs is 1. The standard InChI is InChI=1S/C14H17BrClNO2/c1-14(2,3)19-13(18)17-6-4-5-9-7-10(16)8-11(15)12(9)17/h7-8H,4-6H2,1-3H3. The van der Waals surface area contributed by atoms with Crippen molar-refractivity contribution in [2.24, 2.45) is 0 Å². The van der Waals surface area contributed by atoms with E-state index in [1.165, 1.54) is 0 Å². The number of ether oxygens (including phenoxy) is 1. The topological polar surface area (TPSA) is 29.5 Å². The summed E-state index contributed by atoms with van der Waals surface area (Å²) < 4.78 is 6.29. The van der Waals surface area contributed by atoms with Crippen LogP contribution in [0.3, 0.4) is 0 Å². The molecule has 0 radical (unpaired) electrons. The lowest BCUT2D eigenvalue weighted by atomic mass is 10.0. The molecule has 1 aromatic rings. The molecule has 1 aliphatic rings. The Kier molecular flexibility index (Phi) is 4.11. The van der Waals surface area contributed by atoms with Crippen molar-refractivity contribution in [1.29, 1.82) is 0 Å². The number of benzene rings is 1. The minimum Gasteiger partial charge on any atom is -0.443 e. The first kappa shape index (κ1) is 14.7. The van der Waals surface area contributed by atoms with Crippen LogP contribution in [0.15, 0.2) is 16.6 Å². The molecule has 0 spiro atoms. The van der Waals surface area contributed by atoms with Gasteiger partial charge >= 0.3 is 6.09 Å². The maximum absolute atomic E-state index is 12.3. The molecule has 19 heavy (non-hydrogen) atoms. The lowest BCUT2D eigenvalue weighted by molar-refractivity contribution is 0.0577. The van der Waals surface area contributed by atoms with Gasteiger partial charge in [-0.15, -0.1) is 0 Å². The summed E-state index contributed by atoms with van der Waals surface area (Å²) in [6.45, 7) is 6.27. The third kappa shape index (κ3) is 3.42. The molecule has 0 aromatic heterocycles. The fourth-order valence-corrected chi connectivity index (χ4v) is 3.24. The van der Waals surface area contributed by atoms with E-state index in [0.29, 0.717) is 11.6 Å². The van der Waals surface area contributed by atoms with Gasteiger partial charge in [-0.1, -0.05) is 11.6 Å². The molecule has 0 aliphatic carbocycles. The van der Waals surface area contributed by atoms with Gasteiger partial charge in [0.2, 0.25) is 0 Å². The predicted octanol–water partition coefficient (Wildman–Crippen LogP) is 4.79. The number of aryl methyl sites for hydroxylation is 1. The summed E-state index contributed by atoms with van der Waals surface area (Å²) in [6, 6.07) is 3.72. The average molecular weight is 347 g/mol. The molecule has 0 saturated heterocycles. The molecule has 0 fully saturated rings. The second kappa shape index (κ2) is 5.33. The lowest BCUT2D eigenvalue weighted by Crippen LogP contribution is -2.40. The Bertz CT molecular complexity index is 511. The van der Waals surface area contributed by atoms with E-state index in [9.17, 15) is 4.79 Å². The first-order valence-corrected chi connectivity index (χ1v) is 7.43. The van der Waals surface area contributed by atoms with Crippen LogP contribution >= 0.6 is 27.5 Å². The fraction of sp³-hybridized carbons (Fsp3) is 0.500. The third-order valence-corrected chi connectivity index (χ3v) is 3.64. The number of anilines is 1. The van der Waals surface area contributed by atoms with Crippen molar-refractivity contribution in [1.82, 2.24) is 0 Å². The van der Waals surface area contributed by atoms with Crippen molar-refractivity contribution in [3.63, 3.8) is 0 Å². The first-order valence-electron chi connectivity index (χ1n) is 6.26. The van der Waals surface area contributed by atoms with Crippen LogP contribution in [0.1, 0.15) is 32.8 Å². The van der Waals surface area contributed by atoms with E-state index in [1.54, 1.807) is 4.90 Å². The van der Waals surface area contributed by atoms with Crippen molar-refractivity contribution < 1.29 is 9.53 Å². The summed E-state index contributed by atoms with van der Waals surface area (Å²) in [4.78, 5) is 13.9. The van der Waals surface area contributed by atoms with Crippen LogP contribution in [0.2, 0.25) is 5.02 Å². The van der Waals surface area contributed by atoms with Gasteiger partial charge in [0, 0.05) is 16.0 Å². The molecule has 0 atom stereocenters. The van der Waals surface area contributed by atoms with E-state index < -0.39 is 5.60 Å². The third-order valence-electron chi connectivity index (χ3n) is 2.82. The average Bonchev–Trinajstić information content (AvgIpc) is 2.25. The Morgan fingerprint density at radius 2 is 2.11 bits per heavy atom. The minimum absolute atomic E-state index is 0.309. The number of carbonyl (C=O) groups excluding carboxylic acids is 1. The zero-order valence-corrected chi connectivity index (χ0v) is 13.6. The van der Waals surface area contributed by atoms with E-state index in [0.717, 1.165) is 28.6 Å². The van der Waals surface area contributed by atoms with Gasteiger partial charge in [0.25, 0.3) is 0 Å². The molecule has 1 heterocycles. The second-order valence-corrected chi connectivity index (χ2v) is 6.92. The Balaban J connectivity index is 2.35. The number of hydrogen-bond donors (Lipinski definition) is 0. The molecular formula is C14H17BrClNO2. The Morgan fingerprint density at radius 1 is 1.42 bits per heavy atom. The highest BCUT2D eigenvalue weighted by molar-refractivity contribution is 9.10.